The van der Waals surface area contributed by atoms with Crippen LogP contribution in [0.25, 0.3) is 0 Å². The van der Waals surface area contributed by atoms with Crippen molar-refractivity contribution in [3.05, 3.63) is 41.2 Å². The summed E-state index contributed by atoms with van der Waals surface area (Å²) in [5, 5.41) is 30.3. The molecule has 0 bridgehead atoms. The highest BCUT2D eigenvalue weighted by molar-refractivity contribution is 5.42. The molecule has 7 nitrogen and oxygen atoms in total. The zero-order valence-corrected chi connectivity index (χ0v) is 13.0. The second-order valence-corrected chi connectivity index (χ2v) is 5.84. The van der Waals surface area contributed by atoms with Gasteiger partial charge in [0, 0.05) is 18.7 Å². The minimum absolute atomic E-state index is 0.472. The van der Waals surface area contributed by atoms with E-state index in [-0.39, 0.29) is 0 Å². The standard InChI is InChI=1S/C16H19N5O2/c1-23-14-4-3-12(8-17)7-13(14)10-21-6-2-5-16(22,11-21)15-9-18-20-19-15/h3-4,7,9,22H,2,5-6,10-11H2,1H3,(H,18,19,20)/t16-/m0/s1. The van der Waals surface area contributed by atoms with Crippen LogP contribution in [0, 0.1) is 11.3 Å². The maximum atomic E-state index is 10.9. The molecule has 0 radical (unpaired) electrons. The number of aromatic amines is 1. The molecule has 2 heterocycles. The zero-order chi connectivity index (χ0) is 16.3. The number of hydrogen-bond acceptors (Lipinski definition) is 6. The fourth-order valence-electron chi connectivity index (χ4n) is 3.11. The van der Waals surface area contributed by atoms with Gasteiger partial charge in [-0.2, -0.15) is 20.7 Å². The molecule has 1 aliphatic heterocycles. The first-order valence-electron chi connectivity index (χ1n) is 7.52. The smallest absolute Gasteiger partial charge is 0.123 e. The van der Waals surface area contributed by atoms with Crippen LogP contribution in [0.5, 0.6) is 5.75 Å². The lowest BCUT2D eigenvalue weighted by Crippen LogP contribution is -2.46. The first kappa shape index (κ1) is 15.5. The molecule has 1 fully saturated rings. The summed E-state index contributed by atoms with van der Waals surface area (Å²) in [7, 11) is 1.62. The van der Waals surface area contributed by atoms with Crippen LogP contribution in [0.1, 0.15) is 29.7 Å². The molecule has 1 aromatic heterocycles. The molecule has 0 aliphatic carbocycles. The van der Waals surface area contributed by atoms with Crippen LogP contribution >= 0.6 is 0 Å². The van der Waals surface area contributed by atoms with Crippen LogP contribution < -0.4 is 4.74 Å². The Kier molecular flexibility index (Phi) is 4.28. The lowest BCUT2D eigenvalue weighted by molar-refractivity contribution is -0.0415. The Hall–Kier alpha value is -2.43. The van der Waals surface area contributed by atoms with Gasteiger partial charge in [-0.1, -0.05) is 0 Å². The van der Waals surface area contributed by atoms with Crippen LogP contribution in [-0.4, -0.2) is 45.6 Å². The molecule has 2 aromatic rings. The Morgan fingerprint density at radius 2 is 2.39 bits per heavy atom. The van der Waals surface area contributed by atoms with Crippen molar-refractivity contribution < 1.29 is 9.84 Å². The van der Waals surface area contributed by atoms with Crippen molar-refractivity contribution in [2.24, 2.45) is 0 Å². The fourth-order valence-corrected chi connectivity index (χ4v) is 3.11. The SMILES string of the molecule is COc1ccc(C#N)cc1CN1CCC[C@@](O)(c2cn[nH]n2)C1. The molecule has 0 spiro atoms. The van der Waals surface area contributed by atoms with E-state index in [9.17, 15) is 5.11 Å². The molecule has 7 heteroatoms. The molecule has 0 amide bonds. The molecule has 2 N–H and O–H groups in total. The Bertz CT molecular complexity index is 710. The number of methoxy groups -OCH3 is 1. The molecule has 1 atom stereocenters. The van der Waals surface area contributed by atoms with Gasteiger partial charge in [-0.15, -0.1) is 0 Å². The van der Waals surface area contributed by atoms with Crippen molar-refractivity contribution in [2.75, 3.05) is 20.2 Å². The highest BCUT2D eigenvalue weighted by atomic mass is 16.5. The number of benzene rings is 1. The number of nitrogens with one attached hydrogen (secondary N) is 1. The van der Waals surface area contributed by atoms with Gasteiger partial charge in [0.15, 0.2) is 0 Å². The second kappa shape index (κ2) is 6.36. The van der Waals surface area contributed by atoms with Crippen molar-refractivity contribution in [3.63, 3.8) is 0 Å². The van der Waals surface area contributed by atoms with E-state index in [0.29, 0.717) is 30.8 Å². The fraction of sp³-hybridized carbons (Fsp3) is 0.438. The van der Waals surface area contributed by atoms with Gasteiger partial charge < -0.3 is 9.84 Å². The van der Waals surface area contributed by atoms with Gasteiger partial charge in [-0.25, -0.2) is 0 Å². The number of H-pyrrole nitrogens is 1. The summed E-state index contributed by atoms with van der Waals surface area (Å²) in [5.41, 5.74) is 1.12. The number of likely N-dealkylation sites (tertiary alicyclic amines) is 1. The number of nitrogens with zero attached hydrogens (tertiary/aromatic N) is 4. The normalized spacial score (nSPS) is 21.8. The van der Waals surface area contributed by atoms with Crippen LogP contribution in [0.2, 0.25) is 0 Å². The average Bonchev–Trinajstić information content (AvgIpc) is 3.10. The summed E-state index contributed by atoms with van der Waals surface area (Å²) >= 11 is 0. The van der Waals surface area contributed by atoms with Crippen molar-refractivity contribution in [3.8, 4) is 11.8 Å². The predicted octanol–water partition coefficient (Wildman–Crippen LogP) is 1.17. The molecule has 120 valence electrons. The Labute approximate surface area is 134 Å². The molecular weight excluding hydrogens is 294 g/mol. The molecule has 3 rings (SSSR count). The number of piperidine rings is 1. The second-order valence-electron chi connectivity index (χ2n) is 5.84. The maximum Gasteiger partial charge on any atom is 0.123 e. The van der Waals surface area contributed by atoms with E-state index in [0.717, 1.165) is 24.3 Å². The number of ether oxygens (including phenoxy) is 1. The van der Waals surface area contributed by atoms with Gasteiger partial charge in [0.2, 0.25) is 0 Å². The maximum absolute atomic E-state index is 10.9. The van der Waals surface area contributed by atoms with Gasteiger partial charge in [-0.05, 0) is 37.6 Å². The quantitative estimate of drug-likeness (QED) is 0.879. The molecule has 1 saturated heterocycles. The highest BCUT2D eigenvalue weighted by Gasteiger charge is 2.37. The summed E-state index contributed by atoms with van der Waals surface area (Å²) < 4.78 is 5.38. The van der Waals surface area contributed by atoms with Crippen LogP contribution in [0.4, 0.5) is 0 Å². The van der Waals surface area contributed by atoms with Gasteiger partial charge in [-0.3, -0.25) is 4.90 Å². The minimum atomic E-state index is -0.995. The summed E-state index contributed by atoms with van der Waals surface area (Å²) in [4.78, 5) is 2.15. The monoisotopic (exact) mass is 313 g/mol. The summed E-state index contributed by atoms with van der Waals surface area (Å²) in [6.07, 6.45) is 3.09. The van der Waals surface area contributed by atoms with E-state index in [2.05, 4.69) is 26.4 Å². The molecule has 0 saturated carbocycles. The van der Waals surface area contributed by atoms with E-state index >= 15 is 0 Å². The Morgan fingerprint density at radius 1 is 1.52 bits per heavy atom. The van der Waals surface area contributed by atoms with Crippen molar-refractivity contribution in [1.82, 2.24) is 20.3 Å². The number of rotatable bonds is 4. The van der Waals surface area contributed by atoms with Crippen molar-refractivity contribution in [1.29, 1.82) is 5.26 Å². The molecule has 0 unspecified atom stereocenters. The summed E-state index contributed by atoms with van der Waals surface area (Å²) in [5.74, 6) is 0.750. The lowest BCUT2D eigenvalue weighted by atomic mass is 9.89. The highest BCUT2D eigenvalue weighted by Crippen LogP contribution is 2.31. The average molecular weight is 313 g/mol. The third-order valence-corrected chi connectivity index (χ3v) is 4.25. The van der Waals surface area contributed by atoms with Crippen LogP contribution in [-0.2, 0) is 12.1 Å². The van der Waals surface area contributed by atoms with Crippen LogP contribution in [0.15, 0.2) is 24.4 Å². The molecule has 23 heavy (non-hydrogen) atoms. The lowest BCUT2D eigenvalue weighted by Gasteiger charge is -2.38. The van der Waals surface area contributed by atoms with Gasteiger partial charge >= 0.3 is 0 Å². The van der Waals surface area contributed by atoms with Gasteiger partial charge in [0.1, 0.15) is 17.0 Å². The minimum Gasteiger partial charge on any atom is -0.496 e. The third-order valence-electron chi connectivity index (χ3n) is 4.25. The van der Waals surface area contributed by atoms with E-state index in [4.69, 9.17) is 10.00 Å². The number of nitriles is 1. The number of aromatic nitrogens is 3. The number of aliphatic hydroxyl groups is 1. The molecule has 1 aliphatic rings. The van der Waals surface area contributed by atoms with E-state index in [1.165, 1.54) is 0 Å². The van der Waals surface area contributed by atoms with E-state index in [1.807, 2.05) is 12.1 Å². The van der Waals surface area contributed by atoms with Crippen molar-refractivity contribution in [2.45, 2.75) is 25.0 Å². The molecule has 1 aromatic carbocycles. The first-order chi connectivity index (χ1) is 11.1. The summed E-state index contributed by atoms with van der Waals surface area (Å²) in [6.45, 7) is 1.96. The van der Waals surface area contributed by atoms with Gasteiger partial charge in [0.05, 0.1) is 24.9 Å². The largest absolute Gasteiger partial charge is 0.496 e. The predicted molar refractivity (Wildman–Crippen MR) is 82.5 cm³/mol. The zero-order valence-electron chi connectivity index (χ0n) is 13.0. The topological polar surface area (TPSA) is 98.1 Å². The Balaban J connectivity index is 1.79. The van der Waals surface area contributed by atoms with E-state index < -0.39 is 5.60 Å². The first-order valence-corrected chi connectivity index (χ1v) is 7.52. The number of hydrogen-bond donors (Lipinski definition) is 2. The third kappa shape index (κ3) is 3.18. The van der Waals surface area contributed by atoms with Gasteiger partial charge in [0.25, 0.3) is 0 Å². The molecular formula is C16H19N5O2. The summed E-state index contributed by atoms with van der Waals surface area (Å²) in [6, 6.07) is 7.53. The number of β-amino-alcohol motifs (C(OH)–C–C–N with tert-alkyl or cyclic N) is 1. The van der Waals surface area contributed by atoms with Crippen molar-refractivity contribution >= 4 is 0 Å². The Morgan fingerprint density at radius 3 is 3.09 bits per heavy atom. The van der Waals surface area contributed by atoms with E-state index in [1.54, 1.807) is 19.4 Å². The van der Waals surface area contributed by atoms with Crippen LogP contribution in [0.3, 0.4) is 0 Å².